The van der Waals surface area contributed by atoms with E-state index >= 15 is 0 Å². The lowest BCUT2D eigenvalue weighted by Gasteiger charge is -2.20. The van der Waals surface area contributed by atoms with Crippen LogP contribution in [0.25, 0.3) is 0 Å². The summed E-state index contributed by atoms with van der Waals surface area (Å²) in [5.74, 6) is 0.750. The van der Waals surface area contributed by atoms with Gasteiger partial charge in [-0.2, -0.15) is 5.10 Å². The second kappa shape index (κ2) is 7.84. The SMILES string of the molecule is CCCNC(Cc1ncnn1CC)c1ccc(F)cc1I. The topological polar surface area (TPSA) is 42.7 Å². The van der Waals surface area contributed by atoms with Gasteiger partial charge in [0.05, 0.1) is 0 Å². The summed E-state index contributed by atoms with van der Waals surface area (Å²) in [4.78, 5) is 4.34. The minimum absolute atomic E-state index is 0.118. The van der Waals surface area contributed by atoms with Gasteiger partial charge in [0.2, 0.25) is 0 Å². The highest BCUT2D eigenvalue weighted by atomic mass is 127. The summed E-state index contributed by atoms with van der Waals surface area (Å²) in [5, 5.41) is 7.74. The van der Waals surface area contributed by atoms with Crippen molar-refractivity contribution >= 4 is 22.6 Å². The smallest absolute Gasteiger partial charge is 0.138 e. The van der Waals surface area contributed by atoms with Crippen LogP contribution in [0.2, 0.25) is 0 Å². The van der Waals surface area contributed by atoms with Gasteiger partial charge in [0.25, 0.3) is 0 Å². The molecule has 114 valence electrons. The molecule has 2 rings (SSSR count). The molecule has 1 heterocycles. The first-order valence-electron chi connectivity index (χ1n) is 7.20. The van der Waals surface area contributed by atoms with Crippen LogP contribution in [0.3, 0.4) is 0 Å². The van der Waals surface area contributed by atoms with Crippen molar-refractivity contribution in [2.75, 3.05) is 6.54 Å². The van der Waals surface area contributed by atoms with Crippen molar-refractivity contribution in [3.8, 4) is 0 Å². The third kappa shape index (κ3) is 4.23. The minimum atomic E-state index is -0.200. The summed E-state index contributed by atoms with van der Waals surface area (Å²) in [7, 11) is 0. The molecule has 6 heteroatoms. The van der Waals surface area contributed by atoms with Gasteiger partial charge in [0, 0.05) is 22.6 Å². The van der Waals surface area contributed by atoms with Crippen molar-refractivity contribution in [2.45, 2.75) is 39.3 Å². The summed E-state index contributed by atoms with van der Waals surface area (Å²) in [6, 6.07) is 5.06. The Morgan fingerprint density at radius 1 is 1.38 bits per heavy atom. The van der Waals surface area contributed by atoms with Gasteiger partial charge in [-0.05, 0) is 60.2 Å². The van der Waals surface area contributed by atoms with Crippen LogP contribution < -0.4 is 5.32 Å². The number of rotatable bonds is 7. The van der Waals surface area contributed by atoms with E-state index in [2.05, 4.69) is 44.9 Å². The Hall–Kier alpha value is -1.02. The van der Waals surface area contributed by atoms with E-state index in [1.807, 2.05) is 17.7 Å². The number of hydrogen-bond acceptors (Lipinski definition) is 3. The summed E-state index contributed by atoms with van der Waals surface area (Å²) < 4.78 is 16.1. The maximum absolute atomic E-state index is 13.3. The highest BCUT2D eigenvalue weighted by molar-refractivity contribution is 14.1. The van der Waals surface area contributed by atoms with Crippen molar-refractivity contribution in [1.82, 2.24) is 20.1 Å². The minimum Gasteiger partial charge on any atom is -0.310 e. The molecular weight excluding hydrogens is 382 g/mol. The van der Waals surface area contributed by atoms with Crippen LogP contribution in [0.1, 0.15) is 37.7 Å². The second-order valence-corrected chi connectivity index (χ2v) is 6.03. The van der Waals surface area contributed by atoms with Crippen LogP contribution >= 0.6 is 22.6 Å². The predicted molar refractivity (Wildman–Crippen MR) is 89.6 cm³/mol. The van der Waals surface area contributed by atoms with Crippen molar-refractivity contribution in [1.29, 1.82) is 0 Å². The molecule has 0 radical (unpaired) electrons. The maximum Gasteiger partial charge on any atom is 0.138 e. The molecular formula is C15H20FIN4. The summed E-state index contributed by atoms with van der Waals surface area (Å²) in [6.07, 6.45) is 3.38. The van der Waals surface area contributed by atoms with Gasteiger partial charge >= 0.3 is 0 Å². The molecule has 1 aromatic heterocycles. The Morgan fingerprint density at radius 2 is 2.19 bits per heavy atom. The van der Waals surface area contributed by atoms with Gasteiger partial charge in [0.1, 0.15) is 18.0 Å². The Kier molecular flexibility index (Phi) is 6.10. The summed E-state index contributed by atoms with van der Waals surface area (Å²) >= 11 is 2.19. The predicted octanol–water partition coefficient (Wildman–Crippen LogP) is 3.33. The first-order valence-corrected chi connectivity index (χ1v) is 8.28. The zero-order valence-corrected chi connectivity index (χ0v) is 14.5. The molecule has 0 fully saturated rings. The normalized spacial score (nSPS) is 12.6. The standard InChI is InChI=1S/C15H20FIN4/c1-3-7-18-14(9-15-19-10-20-21(15)4-2)12-6-5-11(16)8-13(12)17/h5-6,8,10,14,18H,3-4,7,9H2,1-2H3. The van der Waals surface area contributed by atoms with Gasteiger partial charge in [0.15, 0.2) is 0 Å². The number of aryl methyl sites for hydroxylation is 1. The third-order valence-corrected chi connectivity index (χ3v) is 4.29. The van der Waals surface area contributed by atoms with E-state index in [0.717, 1.165) is 40.9 Å². The molecule has 1 unspecified atom stereocenters. The quantitative estimate of drug-likeness (QED) is 0.723. The molecule has 1 aromatic carbocycles. The Bertz CT molecular complexity index is 585. The van der Waals surface area contributed by atoms with Crippen LogP contribution in [0.4, 0.5) is 4.39 Å². The Labute approximate surface area is 138 Å². The van der Waals surface area contributed by atoms with Gasteiger partial charge in [-0.1, -0.05) is 13.0 Å². The highest BCUT2D eigenvalue weighted by Crippen LogP contribution is 2.24. The molecule has 0 aliphatic carbocycles. The Morgan fingerprint density at radius 3 is 2.86 bits per heavy atom. The van der Waals surface area contributed by atoms with Crippen LogP contribution in [-0.2, 0) is 13.0 Å². The molecule has 0 aliphatic rings. The van der Waals surface area contributed by atoms with Crippen molar-refractivity contribution < 1.29 is 4.39 Å². The van der Waals surface area contributed by atoms with E-state index in [4.69, 9.17) is 0 Å². The average molecular weight is 402 g/mol. The van der Waals surface area contributed by atoms with E-state index in [0.29, 0.717) is 0 Å². The monoisotopic (exact) mass is 402 g/mol. The van der Waals surface area contributed by atoms with Gasteiger partial charge in [-0.3, -0.25) is 4.68 Å². The molecule has 0 spiro atoms. The van der Waals surface area contributed by atoms with E-state index in [1.165, 1.54) is 6.07 Å². The fraction of sp³-hybridized carbons (Fsp3) is 0.467. The largest absolute Gasteiger partial charge is 0.310 e. The molecule has 0 saturated heterocycles. The lowest BCUT2D eigenvalue weighted by molar-refractivity contribution is 0.494. The van der Waals surface area contributed by atoms with E-state index in [-0.39, 0.29) is 11.9 Å². The molecule has 0 aliphatic heterocycles. The van der Waals surface area contributed by atoms with Gasteiger partial charge < -0.3 is 5.32 Å². The van der Waals surface area contributed by atoms with Gasteiger partial charge in [-0.15, -0.1) is 0 Å². The van der Waals surface area contributed by atoms with Crippen molar-refractivity contribution in [2.24, 2.45) is 0 Å². The number of halogens is 2. The number of benzene rings is 1. The number of nitrogens with zero attached hydrogens (tertiary/aromatic N) is 3. The molecule has 0 bridgehead atoms. The fourth-order valence-electron chi connectivity index (χ4n) is 2.29. The zero-order chi connectivity index (χ0) is 15.2. The summed E-state index contributed by atoms with van der Waals surface area (Å²) in [6.45, 7) is 5.90. The number of nitrogens with one attached hydrogen (secondary N) is 1. The Balaban J connectivity index is 2.25. The molecule has 4 nitrogen and oxygen atoms in total. The van der Waals surface area contributed by atoms with Crippen LogP contribution in [0.5, 0.6) is 0 Å². The highest BCUT2D eigenvalue weighted by Gasteiger charge is 2.17. The first-order chi connectivity index (χ1) is 10.2. The zero-order valence-electron chi connectivity index (χ0n) is 12.3. The van der Waals surface area contributed by atoms with Crippen LogP contribution in [0, 0.1) is 9.39 Å². The maximum atomic E-state index is 13.3. The molecule has 2 aromatic rings. The van der Waals surface area contributed by atoms with Gasteiger partial charge in [-0.25, -0.2) is 9.37 Å². The van der Waals surface area contributed by atoms with E-state index in [1.54, 1.807) is 12.4 Å². The second-order valence-electron chi connectivity index (χ2n) is 4.87. The third-order valence-electron chi connectivity index (χ3n) is 3.36. The summed E-state index contributed by atoms with van der Waals surface area (Å²) in [5.41, 5.74) is 1.11. The lowest BCUT2D eigenvalue weighted by Crippen LogP contribution is -2.26. The van der Waals surface area contributed by atoms with Crippen LogP contribution in [0.15, 0.2) is 24.5 Å². The van der Waals surface area contributed by atoms with E-state index in [9.17, 15) is 4.39 Å². The van der Waals surface area contributed by atoms with E-state index < -0.39 is 0 Å². The van der Waals surface area contributed by atoms with Crippen LogP contribution in [-0.4, -0.2) is 21.3 Å². The molecule has 0 saturated carbocycles. The molecule has 0 amide bonds. The molecule has 1 atom stereocenters. The average Bonchev–Trinajstić information content (AvgIpc) is 2.91. The first kappa shape index (κ1) is 16.4. The fourth-order valence-corrected chi connectivity index (χ4v) is 3.14. The lowest BCUT2D eigenvalue weighted by atomic mass is 10.0. The molecule has 1 N–H and O–H groups in total. The van der Waals surface area contributed by atoms with Crippen molar-refractivity contribution in [3.63, 3.8) is 0 Å². The molecule has 21 heavy (non-hydrogen) atoms. The van der Waals surface area contributed by atoms with Crippen molar-refractivity contribution in [3.05, 3.63) is 45.3 Å². The number of aromatic nitrogens is 3. The number of hydrogen-bond donors (Lipinski definition) is 1.